The molecule has 2 aliphatic heterocycles. The topological polar surface area (TPSA) is 82.0 Å². The highest BCUT2D eigenvalue weighted by atomic mass is 16.5. The third-order valence-corrected chi connectivity index (χ3v) is 5.45. The van der Waals surface area contributed by atoms with Gasteiger partial charge in [0, 0.05) is 39.3 Å². The highest BCUT2D eigenvalue weighted by Crippen LogP contribution is 2.18. The van der Waals surface area contributed by atoms with E-state index < -0.39 is 0 Å². The zero-order chi connectivity index (χ0) is 20.1. The number of aliphatic hydroxyl groups excluding tert-OH is 1. The minimum Gasteiger partial charge on any atom is -0.392 e. The fourth-order valence-electron chi connectivity index (χ4n) is 3.74. The zero-order valence-electron chi connectivity index (χ0n) is 16.5. The van der Waals surface area contributed by atoms with Crippen LogP contribution in [0.2, 0.25) is 0 Å². The average molecular weight is 397 g/mol. The summed E-state index contributed by atoms with van der Waals surface area (Å²) in [6.07, 6.45) is 4.11. The van der Waals surface area contributed by atoms with Crippen LogP contribution in [0.3, 0.4) is 0 Å². The number of aromatic nitrogens is 2. The lowest BCUT2D eigenvalue weighted by Crippen LogP contribution is -2.49. The van der Waals surface area contributed by atoms with Crippen molar-refractivity contribution in [2.24, 2.45) is 0 Å². The van der Waals surface area contributed by atoms with E-state index in [0.29, 0.717) is 32.7 Å². The average Bonchev–Trinajstić information content (AvgIpc) is 2.80. The standard InChI is InChI=1S/C21H27N5O3/c27-16-18-3-1-2-17(12-18)13-20(28)25-6-4-24(5-7-25)19-14-22-21(23-15-19)26-8-10-29-11-9-26/h1-3,12,14-15,27H,4-11,13,16H2. The maximum absolute atomic E-state index is 12.6. The van der Waals surface area contributed by atoms with Crippen molar-refractivity contribution in [2.75, 3.05) is 62.3 Å². The highest BCUT2D eigenvalue weighted by Gasteiger charge is 2.22. The predicted octanol–water partition coefficient (Wildman–Crippen LogP) is 0.697. The van der Waals surface area contributed by atoms with Gasteiger partial charge in [-0.05, 0) is 11.1 Å². The number of ether oxygens (including phenoxy) is 1. The molecule has 0 saturated carbocycles. The number of aliphatic hydroxyl groups is 1. The number of rotatable bonds is 5. The minimum atomic E-state index is -0.00684. The molecule has 154 valence electrons. The summed E-state index contributed by atoms with van der Waals surface area (Å²) in [6.45, 7) is 5.96. The van der Waals surface area contributed by atoms with E-state index in [1.807, 2.05) is 41.6 Å². The van der Waals surface area contributed by atoms with E-state index in [1.54, 1.807) is 0 Å². The molecule has 3 heterocycles. The van der Waals surface area contributed by atoms with Crippen molar-refractivity contribution in [3.8, 4) is 0 Å². The molecule has 29 heavy (non-hydrogen) atoms. The van der Waals surface area contributed by atoms with Crippen LogP contribution in [-0.4, -0.2) is 78.4 Å². The molecule has 1 aromatic heterocycles. The third-order valence-electron chi connectivity index (χ3n) is 5.45. The minimum absolute atomic E-state index is 0.00684. The lowest BCUT2D eigenvalue weighted by Gasteiger charge is -2.36. The number of amides is 1. The van der Waals surface area contributed by atoms with Crippen LogP contribution >= 0.6 is 0 Å². The van der Waals surface area contributed by atoms with Crippen molar-refractivity contribution >= 4 is 17.5 Å². The Kier molecular flexibility index (Phi) is 6.21. The summed E-state index contributed by atoms with van der Waals surface area (Å²) in [6, 6.07) is 7.56. The van der Waals surface area contributed by atoms with E-state index in [9.17, 15) is 9.90 Å². The lowest BCUT2D eigenvalue weighted by molar-refractivity contribution is -0.130. The molecular weight excluding hydrogens is 370 g/mol. The van der Waals surface area contributed by atoms with Gasteiger partial charge < -0.3 is 24.5 Å². The third kappa shape index (κ3) is 4.83. The van der Waals surface area contributed by atoms with Crippen molar-refractivity contribution in [1.82, 2.24) is 14.9 Å². The number of benzene rings is 1. The number of piperazine rings is 1. The smallest absolute Gasteiger partial charge is 0.227 e. The fourth-order valence-corrected chi connectivity index (χ4v) is 3.74. The largest absolute Gasteiger partial charge is 0.392 e. The maximum atomic E-state index is 12.6. The predicted molar refractivity (Wildman–Crippen MR) is 110 cm³/mol. The molecule has 0 spiro atoms. The Hall–Kier alpha value is -2.71. The van der Waals surface area contributed by atoms with Gasteiger partial charge >= 0.3 is 0 Å². The van der Waals surface area contributed by atoms with Crippen molar-refractivity contribution < 1.29 is 14.6 Å². The zero-order valence-corrected chi connectivity index (χ0v) is 16.5. The molecule has 1 N–H and O–H groups in total. The number of anilines is 2. The van der Waals surface area contributed by atoms with Crippen LogP contribution in [0, 0.1) is 0 Å². The van der Waals surface area contributed by atoms with Crippen LogP contribution in [0.4, 0.5) is 11.6 Å². The number of carbonyl (C=O) groups is 1. The van der Waals surface area contributed by atoms with E-state index >= 15 is 0 Å². The summed E-state index contributed by atoms with van der Waals surface area (Å²) in [7, 11) is 0. The summed E-state index contributed by atoms with van der Waals surface area (Å²) < 4.78 is 5.37. The second-order valence-electron chi connectivity index (χ2n) is 7.36. The van der Waals surface area contributed by atoms with Crippen LogP contribution in [-0.2, 0) is 22.6 Å². The van der Waals surface area contributed by atoms with E-state index in [2.05, 4.69) is 19.8 Å². The van der Waals surface area contributed by atoms with E-state index in [0.717, 1.165) is 48.9 Å². The second-order valence-corrected chi connectivity index (χ2v) is 7.36. The van der Waals surface area contributed by atoms with Crippen molar-refractivity contribution in [2.45, 2.75) is 13.0 Å². The Bertz CT molecular complexity index is 815. The Balaban J connectivity index is 1.30. The molecule has 0 aliphatic carbocycles. The quantitative estimate of drug-likeness (QED) is 0.795. The van der Waals surface area contributed by atoms with Crippen LogP contribution in [0.15, 0.2) is 36.7 Å². The number of hydrogen-bond acceptors (Lipinski definition) is 7. The molecule has 2 aliphatic rings. The normalized spacial score (nSPS) is 17.5. The van der Waals surface area contributed by atoms with Crippen molar-refractivity contribution in [1.29, 1.82) is 0 Å². The molecule has 0 unspecified atom stereocenters. The van der Waals surface area contributed by atoms with Gasteiger partial charge in [-0.25, -0.2) is 9.97 Å². The van der Waals surface area contributed by atoms with Crippen LogP contribution in [0.1, 0.15) is 11.1 Å². The van der Waals surface area contributed by atoms with Crippen molar-refractivity contribution in [3.05, 3.63) is 47.8 Å². The van der Waals surface area contributed by atoms with Crippen molar-refractivity contribution in [3.63, 3.8) is 0 Å². The molecule has 1 aromatic carbocycles. The summed E-state index contributed by atoms with van der Waals surface area (Å²) in [4.78, 5) is 27.9. The molecular formula is C21H27N5O3. The second kappa shape index (κ2) is 9.19. The van der Waals surface area contributed by atoms with E-state index in [-0.39, 0.29) is 12.5 Å². The fraction of sp³-hybridized carbons (Fsp3) is 0.476. The molecule has 2 saturated heterocycles. The van der Waals surface area contributed by atoms with Gasteiger partial charge in [-0.1, -0.05) is 24.3 Å². The monoisotopic (exact) mass is 397 g/mol. The van der Waals surface area contributed by atoms with Gasteiger partial charge in [0.2, 0.25) is 11.9 Å². The van der Waals surface area contributed by atoms with Crippen LogP contribution in [0.5, 0.6) is 0 Å². The summed E-state index contributed by atoms with van der Waals surface area (Å²) >= 11 is 0. The molecule has 2 fully saturated rings. The molecule has 2 aromatic rings. The molecule has 8 nitrogen and oxygen atoms in total. The molecule has 0 radical (unpaired) electrons. The van der Waals surface area contributed by atoms with Gasteiger partial charge in [0.1, 0.15) is 0 Å². The Morgan fingerprint density at radius 3 is 2.34 bits per heavy atom. The number of carbonyl (C=O) groups excluding carboxylic acids is 1. The number of morpholine rings is 1. The SMILES string of the molecule is O=C(Cc1cccc(CO)c1)N1CCN(c2cnc(N3CCOCC3)nc2)CC1. The lowest BCUT2D eigenvalue weighted by atomic mass is 10.1. The first-order chi connectivity index (χ1) is 14.2. The van der Waals surface area contributed by atoms with Gasteiger partial charge in [-0.15, -0.1) is 0 Å². The molecule has 0 bridgehead atoms. The Labute approximate surface area is 170 Å². The van der Waals surface area contributed by atoms with Crippen LogP contribution in [0.25, 0.3) is 0 Å². The van der Waals surface area contributed by atoms with E-state index in [1.165, 1.54) is 0 Å². The summed E-state index contributed by atoms with van der Waals surface area (Å²) in [5.74, 6) is 0.870. The molecule has 4 rings (SSSR count). The first kappa shape index (κ1) is 19.6. The maximum Gasteiger partial charge on any atom is 0.227 e. The first-order valence-electron chi connectivity index (χ1n) is 10.1. The van der Waals surface area contributed by atoms with Crippen LogP contribution < -0.4 is 9.80 Å². The molecule has 0 atom stereocenters. The van der Waals surface area contributed by atoms with Gasteiger partial charge in [0.15, 0.2) is 0 Å². The highest BCUT2D eigenvalue weighted by molar-refractivity contribution is 5.79. The van der Waals surface area contributed by atoms with Gasteiger partial charge in [0.05, 0.1) is 44.3 Å². The Morgan fingerprint density at radius 1 is 0.966 bits per heavy atom. The van der Waals surface area contributed by atoms with Gasteiger partial charge in [0.25, 0.3) is 0 Å². The molecule has 1 amide bonds. The Morgan fingerprint density at radius 2 is 1.66 bits per heavy atom. The molecule has 8 heteroatoms. The summed E-state index contributed by atoms with van der Waals surface area (Å²) in [5.41, 5.74) is 2.77. The number of nitrogens with zero attached hydrogens (tertiary/aromatic N) is 5. The van der Waals surface area contributed by atoms with Gasteiger partial charge in [-0.3, -0.25) is 4.79 Å². The summed E-state index contributed by atoms with van der Waals surface area (Å²) in [5, 5.41) is 9.25. The first-order valence-corrected chi connectivity index (χ1v) is 10.1. The number of hydrogen-bond donors (Lipinski definition) is 1. The van der Waals surface area contributed by atoms with Gasteiger partial charge in [-0.2, -0.15) is 0 Å². The van der Waals surface area contributed by atoms with E-state index in [4.69, 9.17) is 4.74 Å².